The molecule has 0 aliphatic heterocycles. The Labute approximate surface area is 149 Å². The molecule has 4 nitrogen and oxygen atoms in total. The van der Waals surface area contributed by atoms with Gasteiger partial charge in [-0.1, -0.05) is 13.3 Å². The Morgan fingerprint density at radius 3 is 2.62 bits per heavy atom. The van der Waals surface area contributed by atoms with Crippen molar-refractivity contribution in [1.82, 2.24) is 15.6 Å². The molecular weight excluding hydrogens is 395 g/mol. The van der Waals surface area contributed by atoms with Gasteiger partial charge in [-0.05, 0) is 38.5 Å². The predicted molar refractivity (Wildman–Crippen MR) is 102 cm³/mol. The van der Waals surface area contributed by atoms with Crippen molar-refractivity contribution in [3.63, 3.8) is 0 Å². The maximum absolute atomic E-state index is 4.68. The Bertz CT molecular complexity index is 449. The Morgan fingerprint density at radius 2 is 2.14 bits per heavy atom. The predicted octanol–water partition coefficient (Wildman–Crippen LogP) is 3.70. The molecule has 0 unspecified atom stereocenters. The summed E-state index contributed by atoms with van der Waals surface area (Å²) in [5.41, 5.74) is 3.50. The first-order valence-electron chi connectivity index (χ1n) is 7.60. The van der Waals surface area contributed by atoms with Crippen LogP contribution in [0.25, 0.3) is 0 Å². The molecule has 2 rings (SSSR count). The summed E-state index contributed by atoms with van der Waals surface area (Å²) in [6, 6.07) is 0. The maximum Gasteiger partial charge on any atom is 0.191 e. The number of guanidine groups is 1. The topological polar surface area (TPSA) is 49.3 Å². The fraction of sp³-hybridized carbons (Fsp3) is 0.733. The van der Waals surface area contributed by atoms with Crippen LogP contribution in [0.1, 0.15) is 50.1 Å². The van der Waals surface area contributed by atoms with Crippen molar-refractivity contribution in [3.8, 4) is 0 Å². The largest absolute Gasteiger partial charge is 0.357 e. The molecule has 1 aromatic rings. The Balaban J connectivity index is 0.00000220. The maximum atomic E-state index is 4.68. The van der Waals surface area contributed by atoms with Gasteiger partial charge in [0.2, 0.25) is 0 Å². The number of hydrogen-bond donors (Lipinski definition) is 2. The molecule has 0 amide bonds. The van der Waals surface area contributed by atoms with Crippen LogP contribution in [0.4, 0.5) is 0 Å². The third-order valence-electron chi connectivity index (χ3n) is 4.36. The molecule has 1 saturated carbocycles. The van der Waals surface area contributed by atoms with Gasteiger partial charge >= 0.3 is 0 Å². The second-order valence-corrected chi connectivity index (χ2v) is 6.56. The van der Waals surface area contributed by atoms with Crippen LogP contribution in [0.3, 0.4) is 0 Å². The van der Waals surface area contributed by atoms with E-state index in [0.717, 1.165) is 24.7 Å². The minimum absolute atomic E-state index is 0. The van der Waals surface area contributed by atoms with E-state index in [9.17, 15) is 0 Å². The fourth-order valence-electron chi connectivity index (χ4n) is 2.57. The summed E-state index contributed by atoms with van der Waals surface area (Å²) < 4.78 is 0. The van der Waals surface area contributed by atoms with Crippen LogP contribution in [0.15, 0.2) is 10.5 Å². The number of nitrogens with one attached hydrogen (secondary N) is 2. The second-order valence-electron chi connectivity index (χ2n) is 5.62. The Kier molecular flexibility index (Phi) is 7.94. The molecule has 1 heterocycles. The van der Waals surface area contributed by atoms with E-state index < -0.39 is 0 Å². The molecule has 0 spiro atoms. The standard InChI is InChI=1S/C15H26N4S.HI/c1-4-15(7-6-8-15)10-18-14(16-5-2)17-9-13-12(3)19-11-20-13;/h11H,4-10H2,1-3H3,(H2,16,17,18);1H. The number of aromatic nitrogens is 1. The zero-order valence-corrected chi connectivity index (χ0v) is 16.4. The molecule has 21 heavy (non-hydrogen) atoms. The van der Waals surface area contributed by atoms with Gasteiger partial charge in [-0.15, -0.1) is 35.3 Å². The molecule has 0 saturated heterocycles. The highest BCUT2D eigenvalue weighted by Gasteiger charge is 2.34. The van der Waals surface area contributed by atoms with Gasteiger partial charge in [-0.3, -0.25) is 0 Å². The highest BCUT2D eigenvalue weighted by Crippen LogP contribution is 2.42. The van der Waals surface area contributed by atoms with Crippen molar-refractivity contribution >= 4 is 41.3 Å². The smallest absolute Gasteiger partial charge is 0.191 e. The number of thiazole rings is 1. The number of aryl methyl sites for hydroxylation is 1. The van der Waals surface area contributed by atoms with Crippen LogP contribution in [0.2, 0.25) is 0 Å². The lowest BCUT2D eigenvalue weighted by Gasteiger charge is -2.41. The van der Waals surface area contributed by atoms with Crippen LogP contribution >= 0.6 is 35.3 Å². The highest BCUT2D eigenvalue weighted by atomic mass is 127. The van der Waals surface area contributed by atoms with Gasteiger partial charge in [0.15, 0.2) is 5.96 Å². The number of rotatable bonds is 6. The van der Waals surface area contributed by atoms with Crippen molar-refractivity contribution in [3.05, 3.63) is 16.1 Å². The molecule has 0 bridgehead atoms. The number of halogens is 1. The van der Waals surface area contributed by atoms with E-state index in [1.165, 1.54) is 30.6 Å². The van der Waals surface area contributed by atoms with E-state index in [1.54, 1.807) is 11.3 Å². The van der Waals surface area contributed by atoms with E-state index in [0.29, 0.717) is 12.0 Å². The summed E-state index contributed by atoms with van der Waals surface area (Å²) in [6.07, 6.45) is 5.34. The van der Waals surface area contributed by atoms with E-state index in [4.69, 9.17) is 0 Å². The molecule has 2 N–H and O–H groups in total. The highest BCUT2D eigenvalue weighted by molar-refractivity contribution is 14.0. The third-order valence-corrected chi connectivity index (χ3v) is 5.28. The van der Waals surface area contributed by atoms with Crippen molar-refractivity contribution in [1.29, 1.82) is 0 Å². The first-order valence-corrected chi connectivity index (χ1v) is 8.48. The normalized spacial score (nSPS) is 16.8. The van der Waals surface area contributed by atoms with Crippen LogP contribution in [-0.2, 0) is 6.54 Å². The Morgan fingerprint density at radius 1 is 1.38 bits per heavy atom. The molecule has 0 aromatic carbocycles. The van der Waals surface area contributed by atoms with Crippen LogP contribution in [0.5, 0.6) is 0 Å². The minimum Gasteiger partial charge on any atom is -0.357 e. The SMILES string of the molecule is CCNC(=NCc1scnc1C)NCC1(CC)CCC1.I. The molecule has 0 atom stereocenters. The van der Waals surface area contributed by atoms with Gasteiger partial charge in [0, 0.05) is 18.0 Å². The van der Waals surface area contributed by atoms with Gasteiger partial charge in [0.05, 0.1) is 17.7 Å². The van der Waals surface area contributed by atoms with Gasteiger partial charge in [-0.2, -0.15) is 0 Å². The Hall–Kier alpha value is -0.370. The van der Waals surface area contributed by atoms with E-state index in [2.05, 4.69) is 34.5 Å². The summed E-state index contributed by atoms with van der Waals surface area (Å²) in [7, 11) is 0. The van der Waals surface area contributed by atoms with Gasteiger partial charge in [-0.25, -0.2) is 9.98 Å². The number of hydrogen-bond acceptors (Lipinski definition) is 3. The molecule has 1 aliphatic rings. The monoisotopic (exact) mass is 422 g/mol. The average Bonchev–Trinajstić information content (AvgIpc) is 2.80. The molecule has 1 aliphatic carbocycles. The summed E-state index contributed by atoms with van der Waals surface area (Å²) >= 11 is 1.68. The number of aliphatic imine (C=N–C) groups is 1. The summed E-state index contributed by atoms with van der Waals surface area (Å²) in [6.45, 7) is 9.09. The van der Waals surface area contributed by atoms with Gasteiger partial charge in [0.1, 0.15) is 0 Å². The fourth-order valence-corrected chi connectivity index (χ4v) is 3.27. The first-order chi connectivity index (χ1) is 9.69. The lowest BCUT2D eigenvalue weighted by atomic mass is 9.67. The summed E-state index contributed by atoms with van der Waals surface area (Å²) in [5, 5.41) is 6.85. The lowest BCUT2D eigenvalue weighted by Crippen LogP contribution is -2.46. The van der Waals surface area contributed by atoms with Crippen molar-refractivity contribution in [2.45, 2.75) is 53.0 Å². The first kappa shape index (κ1) is 18.7. The van der Waals surface area contributed by atoms with Crippen LogP contribution in [0, 0.1) is 12.3 Å². The zero-order valence-electron chi connectivity index (χ0n) is 13.2. The zero-order chi connectivity index (χ0) is 14.4. The summed E-state index contributed by atoms with van der Waals surface area (Å²) in [4.78, 5) is 10.2. The average molecular weight is 422 g/mol. The molecular formula is C15H27IN4S. The van der Waals surface area contributed by atoms with Crippen molar-refractivity contribution < 1.29 is 0 Å². The minimum atomic E-state index is 0. The molecule has 6 heteroatoms. The van der Waals surface area contributed by atoms with E-state index in [-0.39, 0.29) is 24.0 Å². The lowest BCUT2D eigenvalue weighted by molar-refractivity contribution is 0.131. The molecule has 120 valence electrons. The second kappa shape index (κ2) is 8.92. The van der Waals surface area contributed by atoms with E-state index >= 15 is 0 Å². The summed E-state index contributed by atoms with van der Waals surface area (Å²) in [5.74, 6) is 0.931. The number of nitrogens with zero attached hydrogens (tertiary/aromatic N) is 2. The van der Waals surface area contributed by atoms with E-state index in [1.807, 2.05) is 12.4 Å². The third kappa shape index (κ3) is 5.09. The van der Waals surface area contributed by atoms with Crippen molar-refractivity contribution in [2.75, 3.05) is 13.1 Å². The van der Waals surface area contributed by atoms with Crippen LogP contribution < -0.4 is 10.6 Å². The molecule has 1 fully saturated rings. The quantitative estimate of drug-likeness (QED) is 0.418. The van der Waals surface area contributed by atoms with Crippen LogP contribution in [-0.4, -0.2) is 24.0 Å². The molecule has 1 aromatic heterocycles. The van der Waals surface area contributed by atoms with Crippen molar-refractivity contribution in [2.24, 2.45) is 10.4 Å². The van der Waals surface area contributed by atoms with Gasteiger partial charge < -0.3 is 10.6 Å². The van der Waals surface area contributed by atoms with Gasteiger partial charge in [0.25, 0.3) is 0 Å². The molecule has 0 radical (unpaired) electrons.